The lowest BCUT2D eigenvalue weighted by molar-refractivity contribution is -0.136. The number of carboxylic acids is 1. The van der Waals surface area contributed by atoms with Gasteiger partial charge in [0.15, 0.2) is 0 Å². The highest BCUT2D eigenvalue weighted by molar-refractivity contribution is 6.06. The van der Waals surface area contributed by atoms with E-state index in [2.05, 4.69) is 9.97 Å². The summed E-state index contributed by atoms with van der Waals surface area (Å²) in [5, 5.41) is 8.83. The van der Waals surface area contributed by atoms with Crippen molar-refractivity contribution < 1.29 is 14.7 Å². The number of carbonyl (C=O) groups excluding carboxylic acids is 1. The number of nitrogens with two attached hydrogens (primary N) is 1. The van der Waals surface area contributed by atoms with Crippen molar-refractivity contribution in [3.63, 3.8) is 0 Å². The number of benzene rings is 1. The molecule has 21 heavy (non-hydrogen) atoms. The number of aliphatic carboxylic acids is 1. The Labute approximate surface area is 121 Å². The second-order valence-corrected chi connectivity index (χ2v) is 4.25. The first-order valence-corrected chi connectivity index (χ1v) is 6.24. The van der Waals surface area contributed by atoms with Gasteiger partial charge >= 0.3 is 5.97 Å². The Balaban J connectivity index is 2.34. The number of anilines is 2. The monoisotopic (exact) mass is 286 g/mol. The first-order chi connectivity index (χ1) is 10.1. The van der Waals surface area contributed by atoms with E-state index in [4.69, 9.17) is 10.8 Å². The summed E-state index contributed by atoms with van der Waals surface area (Å²) in [6.07, 6.45) is 3.99. The molecule has 1 aromatic carbocycles. The molecule has 0 saturated heterocycles. The molecule has 7 nitrogen and oxygen atoms in total. The fourth-order valence-corrected chi connectivity index (χ4v) is 1.82. The molecule has 0 saturated carbocycles. The molecule has 0 radical (unpaired) electrons. The number of para-hydroxylation sites is 2. The molecule has 0 bridgehead atoms. The van der Waals surface area contributed by atoms with E-state index in [0.29, 0.717) is 11.4 Å². The Morgan fingerprint density at radius 1 is 1.24 bits per heavy atom. The topological polar surface area (TPSA) is 109 Å². The van der Waals surface area contributed by atoms with Gasteiger partial charge in [0, 0.05) is 18.9 Å². The van der Waals surface area contributed by atoms with Crippen molar-refractivity contribution in [1.82, 2.24) is 9.97 Å². The SMILES string of the molecule is Nc1ccccc1N(CCC(=O)O)C(=O)c1cnccn1. The molecule has 1 amide bonds. The highest BCUT2D eigenvalue weighted by Crippen LogP contribution is 2.24. The predicted octanol–water partition coefficient (Wildman–Crippen LogP) is 1.18. The molecular formula is C14H14N4O3. The zero-order valence-corrected chi connectivity index (χ0v) is 11.1. The van der Waals surface area contributed by atoms with Gasteiger partial charge in [-0.25, -0.2) is 4.98 Å². The summed E-state index contributed by atoms with van der Waals surface area (Å²) in [6.45, 7) is -0.00104. The first-order valence-electron chi connectivity index (χ1n) is 6.24. The number of carbonyl (C=O) groups is 2. The zero-order valence-electron chi connectivity index (χ0n) is 11.1. The number of rotatable bonds is 5. The van der Waals surface area contributed by atoms with Crippen LogP contribution in [0, 0.1) is 0 Å². The van der Waals surface area contributed by atoms with Crippen molar-refractivity contribution in [1.29, 1.82) is 0 Å². The third-order valence-corrected chi connectivity index (χ3v) is 2.80. The normalized spacial score (nSPS) is 10.1. The Morgan fingerprint density at radius 2 is 2.00 bits per heavy atom. The lowest BCUT2D eigenvalue weighted by Crippen LogP contribution is -2.34. The molecule has 0 aliphatic rings. The van der Waals surface area contributed by atoms with Gasteiger partial charge in [-0.05, 0) is 12.1 Å². The van der Waals surface area contributed by atoms with Gasteiger partial charge in [0.05, 0.1) is 24.0 Å². The molecule has 0 atom stereocenters. The maximum atomic E-state index is 12.5. The fraction of sp³-hybridized carbons (Fsp3) is 0.143. The second kappa shape index (κ2) is 6.47. The van der Waals surface area contributed by atoms with Crippen LogP contribution in [0.25, 0.3) is 0 Å². The quantitative estimate of drug-likeness (QED) is 0.799. The summed E-state index contributed by atoms with van der Waals surface area (Å²) in [6, 6.07) is 6.77. The van der Waals surface area contributed by atoms with Gasteiger partial charge in [-0.1, -0.05) is 12.1 Å². The third kappa shape index (κ3) is 3.53. The standard InChI is InChI=1S/C14H14N4O3/c15-10-3-1-2-4-12(10)18(8-5-13(19)20)14(21)11-9-16-6-7-17-11/h1-4,6-7,9H,5,8,15H2,(H,19,20). The molecular weight excluding hydrogens is 272 g/mol. The van der Waals surface area contributed by atoms with Gasteiger partial charge in [-0.2, -0.15) is 0 Å². The molecule has 0 aliphatic carbocycles. The van der Waals surface area contributed by atoms with Crippen molar-refractivity contribution in [2.75, 3.05) is 17.2 Å². The van der Waals surface area contributed by atoms with Crippen LogP contribution >= 0.6 is 0 Å². The van der Waals surface area contributed by atoms with Gasteiger partial charge in [0.2, 0.25) is 0 Å². The molecule has 1 heterocycles. The summed E-state index contributed by atoms with van der Waals surface area (Å²) in [5.41, 5.74) is 6.84. The van der Waals surface area contributed by atoms with E-state index in [1.807, 2.05) is 0 Å². The lowest BCUT2D eigenvalue weighted by atomic mass is 10.2. The number of nitrogens with zero attached hydrogens (tertiary/aromatic N) is 3. The van der Waals surface area contributed by atoms with Crippen molar-refractivity contribution in [3.05, 3.63) is 48.5 Å². The number of hydrogen-bond acceptors (Lipinski definition) is 5. The number of hydrogen-bond donors (Lipinski definition) is 2. The fourth-order valence-electron chi connectivity index (χ4n) is 1.82. The van der Waals surface area contributed by atoms with Gasteiger partial charge in [-0.15, -0.1) is 0 Å². The molecule has 0 unspecified atom stereocenters. The van der Waals surface area contributed by atoms with E-state index in [1.165, 1.54) is 23.5 Å². The predicted molar refractivity (Wildman–Crippen MR) is 76.8 cm³/mol. The molecule has 0 aliphatic heterocycles. The highest BCUT2D eigenvalue weighted by atomic mass is 16.4. The Kier molecular flexibility index (Phi) is 4.45. The summed E-state index contributed by atoms with van der Waals surface area (Å²) < 4.78 is 0. The minimum atomic E-state index is -0.999. The largest absolute Gasteiger partial charge is 0.481 e. The summed E-state index contributed by atoms with van der Waals surface area (Å²) in [5.74, 6) is -1.44. The second-order valence-electron chi connectivity index (χ2n) is 4.25. The van der Waals surface area contributed by atoms with Crippen LogP contribution in [0.5, 0.6) is 0 Å². The average Bonchev–Trinajstić information content (AvgIpc) is 2.49. The van der Waals surface area contributed by atoms with Crippen LogP contribution in [0.15, 0.2) is 42.9 Å². The van der Waals surface area contributed by atoms with E-state index in [-0.39, 0.29) is 18.7 Å². The molecule has 0 spiro atoms. The molecule has 108 valence electrons. The zero-order chi connectivity index (χ0) is 15.2. The summed E-state index contributed by atoms with van der Waals surface area (Å²) in [4.78, 5) is 32.3. The van der Waals surface area contributed by atoms with Crippen LogP contribution in [0.2, 0.25) is 0 Å². The van der Waals surface area contributed by atoms with Gasteiger partial charge in [0.25, 0.3) is 5.91 Å². The van der Waals surface area contributed by atoms with Crippen LogP contribution < -0.4 is 10.6 Å². The van der Waals surface area contributed by atoms with Gasteiger partial charge < -0.3 is 15.7 Å². The van der Waals surface area contributed by atoms with Crippen LogP contribution in [0.1, 0.15) is 16.9 Å². The Bertz CT molecular complexity index is 646. The summed E-state index contributed by atoms with van der Waals surface area (Å²) >= 11 is 0. The molecule has 2 rings (SSSR count). The van der Waals surface area contributed by atoms with Crippen LogP contribution in [0.3, 0.4) is 0 Å². The maximum absolute atomic E-state index is 12.5. The third-order valence-electron chi connectivity index (χ3n) is 2.80. The van der Waals surface area contributed by atoms with E-state index < -0.39 is 11.9 Å². The lowest BCUT2D eigenvalue weighted by Gasteiger charge is -2.23. The Hall–Kier alpha value is -2.96. The van der Waals surface area contributed by atoms with E-state index in [0.717, 1.165) is 0 Å². The van der Waals surface area contributed by atoms with Crippen molar-refractivity contribution in [2.45, 2.75) is 6.42 Å². The molecule has 1 aromatic heterocycles. The van der Waals surface area contributed by atoms with Gasteiger partial charge in [-0.3, -0.25) is 14.6 Å². The van der Waals surface area contributed by atoms with E-state index >= 15 is 0 Å². The first kappa shape index (κ1) is 14.4. The van der Waals surface area contributed by atoms with Crippen LogP contribution in [0.4, 0.5) is 11.4 Å². The molecule has 7 heteroatoms. The highest BCUT2D eigenvalue weighted by Gasteiger charge is 2.21. The summed E-state index contributed by atoms with van der Waals surface area (Å²) in [7, 11) is 0. The van der Waals surface area contributed by atoms with E-state index in [1.54, 1.807) is 24.3 Å². The van der Waals surface area contributed by atoms with Crippen LogP contribution in [-0.2, 0) is 4.79 Å². The molecule has 3 N–H and O–H groups in total. The molecule has 0 fully saturated rings. The minimum Gasteiger partial charge on any atom is -0.481 e. The average molecular weight is 286 g/mol. The van der Waals surface area contributed by atoms with Crippen molar-refractivity contribution >= 4 is 23.3 Å². The number of aromatic nitrogens is 2. The van der Waals surface area contributed by atoms with Crippen LogP contribution in [-0.4, -0.2) is 33.5 Å². The number of nitrogen functional groups attached to an aromatic ring is 1. The number of carboxylic acid groups (broad SMARTS) is 1. The van der Waals surface area contributed by atoms with E-state index in [9.17, 15) is 9.59 Å². The van der Waals surface area contributed by atoms with Crippen molar-refractivity contribution in [2.24, 2.45) is 0 Å². The van der Waals surface area contributed by atoms with Crippen molar-refractivity contribution in [3.8, 4) is 0 Å². The molecule has 2 aromatic rings. The Morgan fingerprint density at radius 3 is 2.62 bits per heavy atom. The van der Waals surface area contributed by atoms with Gasteiger partial charge in [0.1, 0.15) is 5.69 Å². The minimum absolute atomic E-state index is 0.00104. The number of amides is 1. The maximum Gasteiger partial charge on any atom is 0.305 e. The smallest absolute Gasteiger partial charge is 0.305 e.